The molecule has 0 saturated carbocycles. The second-order valence-corrected chi connectivity index (χ2v) is 4.78. The van der Waals surface area contributed by atoms with Crippen LogP contribution in [0.4, 0.5) is 0 Å². The van der Waals surface area contributed by atoms with Crippen molar-refractivity contribution in [2.75, 3.05) is 26.4 Å². The van der Waals surface area contributed by atoms with Crippen molar-refractivity contribution in [1.29, 1.82) is 0 Å². The van der Waals surface area contributed by atoms with Gasteiger partial charge in [-0.1, -0.05) is 39.5 Å². The van der Waals surface area contributed by atoms with Crippen LogP contribution in [0.3, 0.4) is 0 Å². The Morgan fingerprint density at radius 3 is 2.11 bits per heavy atom. The Morgan fingerprint density at radius 2 is 1.56 bits per heavy atom. The number of rotatable bonds is 13. The summed E-state index contributed by atoms with van der Waals surface area (Å²) in [4.78, 5) is 0. The maximum atomic E-state index is 5.58. The van der Waals surface area contributed by atoms with E-state index in [9.17, 15) is 0 Å². The largest absolute Gasteiger partial charge is 0.376 e. The molecule has 0 aromatic carbocycles. The molecule has 0 unspecified atom stereocenters. The lowest BCUT2D eigenvalue weighted by Crippen LogP contribution is -2.23. The quantitative estimate of drug-likeness (QED) is 0.370. The summed E-state index contributed by atoms with van der Waals surface area (Å²) in [5.74, 6) is 0.867. The lowest BCUT2D eigenvalue weighted by molar-refractivity contribution is -0.167. The number of ether oxygens (including phenoxy) is 3. The average molecular weight is 260 g/mol. The molecule has 0 bridgehead atoms. The summed E-state index contributed by atoms with van der Waals surface area (Å²) >= 11 is 0. The van der Waals surface area contributed by atoms with Crippen molar-refractivity contribution in [2.24, 2.45) is 5.92 Å². The molecule has 3 heteroatoms. The maximum Gasteiger partial charge on any atom is 0.180 e. The molecule has 0 aliphatic rings. The summed E-state index contributed by atoms with van der Waals surface area (Å²) in [7, 11) is 0. The maximum absolute atomic E-state index is 5.58. The molecule has 0 heterocycles. The van der Waals surface area contributed by atoms with E-state index in [1.807, 2.05) is 13.8 Å². The summed E-state index contributed by atoms with van der Waals surface area (Å²) in [6.07, 6.45) is 6.16. The van der Waals surface area contributed by atoms with Crippen LogP contribution in [0.5, 0.6) is 0 Å². The Bertz CT molecular complexity index is 156. The lowest BCUT2D eigenvalue weighted by atomic mass is 10.0. The van der Waals surface area contributed by atoms with Gasteiger partial charge in [-0.05, 0) is 26.2 Å². The van der Waals surface area contributed by atoms with Crippen molar-refractivity contribution in [2.45, 2.75) is 66.1 Å². The SMILES string of the molecule is CCOC(COCCCCC[C@@H](C)CC)OCC. The van der Waals surface area contributed by atoms with E-state index in [4.69, 9.17) is 14.2 Å². The smallest absolute Gasteiger partial charge is 0.180 e. The van der Waals surface area contributed by atoms with E-state index in [1.54, 1.807) is 0 Å². The first-order chi connectivity index (χ1) is 8.74. The third-order valence-corrected chi connectivity index (χ3v) is 3.14. The molecule has 0 radical (unpaired) electrons. The fourth-order valence-electron chi connectivity index (χ4n) is 1.77. The fourth-order valence-corrected chi connectivity index (χ4v) is 1.77. The third kappa shape index (κ3) is 11.0. The second kappa shape index (κ2) is 13.3. The summed E-state index contributed by atoms with van der Waals surface area (Å²) in [5.41, 5.74) is 0. The van der Waals surface area contributed by atoms with Crippen molar-refractivity contribution in [1.82, 2.24) is 0 Å². The zero-order valence-corrected chi connectivity index (χ0v) is 12.7. The van der Waals surface area contributed by atoms with Crippen molar-refractivity contribution in [3.63, 3.8) is 0 Å². The van der Waals surface area contributed by atoms with Crippen LogP contribution in [0, 0.1) is 5.92 Å². The third-order valence-electron chi connectivity index (χ3n) is 3.14. The zero-order chi connectivity index (χ0) is 13.6. The molecule has 110 valence electrons. The highest BCUT2D eigenvalue weighted by atomic mass is 16.7. The van der Waals surface area contributed by atoms with Gasteiger partial charge in [-0.25, -0.2) is 0 Å². The first-order valence-electron chi connectivity index (χ1n) is 7.55. The van der Waals surface area contributed by atoms with Crippen molar-refractivity contribution in [3.8, 4) is 0 Å². The van der Waals surface area contributed by atoms with Gasteiger partial charge >= 0.3 is 0 Å². The van der Waals surface area contributed by atoms with Gasteiger partial charge in [0.05, 0.1) is 6.61 Å². The van der Waals surface area contributed by atoms with Crippen molar-refractivity contribution < 1.29 is 14.2 Å². The lowest BCUT2D eigenvalue weighted by Gasteiger charge is -2.16. The van der Waals surface area contributed by atoms with Gasteiger partial charge in [0.2, 0.25) is 0 Å². The molecule has 1 atom stereocenters. The van der Waals surface area contributed by atoms with Gasteiger partial charge in [0.25, 0.3) is 0 Å². The zero-order valence-electron chi connectivity index (χ0n) is 12.7. The van der Waals surface area contributed by atoms with E-state index in [2.05, 4.69) is 13.8 Å². The van der Waals surface area contributed by atoms with E-state index in [0.717, 1.165) is 18.9 Å². The Morgan fingerprint density at radius 1 is 0.889 bits per heavy atom. The normalized spacial score (nSPS) is 13.2. The predicted molar refractivity (Wildman–Crippen MR) is 75.8 cm³/mol. The monoisotopic (exact) mass is 260 g/mol. The Balaban J connectivity index is 3.32. The summed E-state index contributed by atoms with van der Waals surface area (Å²) < 4.78 is 16.4. The molecule has 0 aliphatic carbocycles. The van der Waals surface area contributed by atoms with Crippen LogP contribution in [-0.2, 0) is 14.2 Å². The standard InChI is InChI=1S/C15H32O3/c1-5-14(4)11-9-8-10-12-16-13-15(17-6-2)18-7-3/h14-15H,5-13H2,1-4H3/t14-/m0/s1. The molecule has 0 N–H and O–H groups in total. The molecule has 0 spiro atoms. The van der Waals surface area contributed by atoms with E-state index in [-0.39, 0.29) is 6.29 Å². The molecule has 18 heavy (non-hydrogen) atoms. The molecular weight excluding hydrogens is 228 g/mol. The topological polar surface area (TPSA) is 27.7 Å². The van der Waals surface area contributed by atoms with Crippen molar-refractivity contribution >= 4 is 0 Å². The molecule has 0 saturated heterocycles. The summed E-state index contributed by atoms with van der Waals surface area (Å²) in [6, 6.07) is 0. The summed E-state index contributed by atoms with van der Waals surface area (Å²) in [5, 5.41) is 0. The van der Waals surface area contributed by atoms with Crippen LogP contribution in [0.25, 0.3) is 0 Å². The number of unbranched alkanes of at least 4 members (excludes halogenated alkanes) is 2. The first kappa shape index (κ1) is 17.9. The van der Waals surface area contributed by atoms with Gasteiger partial charge in [0, 0.05) is 19.8 Å². The van der Waals surface area contributed by atoms with Gasteiger partial charge in [0.15, 0.2) is 6.29 Å². The van der Waals surface area contributed by atoms with E-state index in [1.165, 1.54) is 25.7 Å². The Labute approximate surface area is 113 Å². The minimum atomic E-state index is -0.194. The van der Waals surface area contributed by atoms with E-state index in [0.29, 0.717) is 19.8 Å². The van der Waals surface area contributed by atoms with Gasteiger partial charge in [0.1, 0.15) is 0 Å². The minimum absolute atomic E-state index is 0.194. The summed E-state index contributed by atoms with van der Waals surface area (Å²) in [6.45, 7) is 11.2. The van der Waals surface area contributed by atoms with Crippen LogP contribution in [0.1, 0.15) is 59.8 Å². The first-order valence-corrected chi connectivity index (χ1v) is 7.55. The predicted octanol–water partition coefficient (Wildman–Crippen LogP) is 4.01. The van der Waals surface area contributed by atoms with Crippen LogP contribution >= 0.6 is 0 Å². The van der Waals surface area contributed by atoms with E-state index < -0.39 is 0 Å². The Kier molecular flexibility index (Phi) is 13.2. The van der Waals surface area contributed by atoms with Crippen LogP contribution in [-0.4, -0.2) is 32.7 Å². The molecule has 3 nitrogen and oxygen atoms in total. The van der Waals surface area contributed by atoms with Crippen LogP contribution in [0.2, 0.25) is 0 Å². The fraction of sp³-hybridized carbons (Fsp3) is 1.00. The van der Waals surface area contributed by atoms with Gasteiger partial charge in [-0.2, -0.15) is 0 Å². The van der Waals surface area contributed by atoms with Crippen LogP contribution < -0.4 is 0 Å². The highest BCUT2D eigenvalue weighted by Gasteiger charge is 2.07. The van der Waals surface area contributed by atoms with Crippen molar-refractivity contribution in [3.05, 3.63) is 0 Å². The average Bonchev–Trinajstić information content (AvgIpc) is 2.37. The molecule has 0 aromatic rings. The molecule has 0 amide bonds. The van der Waals surface area contributed by atoms with Gasteiger partial charge < -0.3 is 14.2 Å². The second-order valence-electron chi connectivity index (χ2n) is 4.78. The molecular formula is C15H32O3. The van der Waals surface area contributed by atoms with E-state index >= 15 is 0 Å². The molecule has 0 aliphatic heterocycles. The highest BCUT2D eigenvalue weighted by Crippen LogP contribution is 2.12. The number of hydrogen-bond acceptors (Lipinski definition) is 3. The molecule has 0 rings (SSSR count). The van der Waals surface area contributed by atoms with Gasteiger partial charge in [-0.3, -0.25) is 0 Å². The molecule has 0 aromatic heterocycles. The number of hydrogen-bond donors (Lipinski definition) is 0. The minimum Gasteiger partial charge on any atom is -0.376 e. The van der Waals surface area contributed by atoms with Crippen LogP contribution in [0.15, 0.2) is 0 Å². The van der Waals surface area contributed by atoms with Gasteiger partial charge in [-0.15, -0.1) is 0 Å². The highest BCUT2D eigenvalue weighted by molar-refractivity contribution is 4.51. The molecule has 0 fully saturated rings. The Hall–Kier alpha value is -0.120.